The molecule has 0 aliphatic carbocycles. The van der Waals surface area contributed by atoms with Crippen LogP contribution in [-0.2, 0) is 23.7 Å². The molecule has 2 aromatic heterocycles. The molecule has 5 atom stereocenters. The molecule has 3 heterocycles. The second kappa shape index (κ2) is 14.8. The summed E-state index contributed by atoms with van der Waals surface area (Å²) in [4.78, 5) is 58.9. The molecule has 13 nitrogen and oxygen atoms in total. The lowest BCUT2D eigenvalue weighted by molar-refractivity contribution is -0.282. The van der Waals surface area contributed by atoms with E-state index in [-0.39, 0.29) is 33.9 Å². The lowest BCUT2D eigenvalue weighted by atomic mass is 9.96. The van der Waals surface area contributed by atoms with Crippen molar-refractivity contribution in [1.82, 2.24) is 19.6 Å². The molecular weight excluding hydrogens is 656 g/mol. The molecule has 0 radical (unpaired) electrons. The van der Waals surface area contributed by atoms with Gasteiger partial charge in [-0.25, -0.2) is 24.2 Å². The van der Waals surface area contributed by atoms with Crippen LogP contribution in [0.15, 0.2) is 140 Å². The minimum absolute atomic E-state index is 0.0679. The van der Waals surface area contributed by atoms with Gasteiger partial charge in [0.25, 0.3) is 5.78 Å². The number of nitrogens with zero attached hydrogens (tertiary/aromatic N) is 4. The van der Waals surface area contributed by atoms with Crippen molar-refractivity contribution in [2.24, 2.45) is 0 Å². The van der Waals surface area contributed by atoms with Crippen LogP contribution in [0.2, 0.25) is 0 Å². The van der Waals surface area contributed by atoms with E-state index in [0.29, 0.717) is 0 Å². The van der Waals surface area contributed by atoms with Crippen LogP contribution >= 0.6 is 0 Å². The molecule has 1 fully saturated rings. The maximum Gasteiger partial charge on any atom is 0.340 e. The fourth-order valence-electron chi connectivity index (χ4n) is 5.50. The van der Waals surface area contributed by atoms with Crippen molar-refractivity contribution in [2.75, 3.05) is 0 Å². The van der Waals surface area contributed by atoms with E-state index in [1.807, 2.05) is 0 Å². The summed E-state index contributed by atoms with van der Waals surface area (Å²) in [6.07, 6.45) is -4.86. The lowest BCUT2D eigenvalue weighted by Gasteiger charge is -2.43. The summed E-state index contributed by atoms with van der Waals surface area (Å²) in [6, 6.07) is 33.9. The SMILES string of the molecule is O=C(O[C@H]1O[C@H](c2nnc3ncccn23)[C@@H](OC(=O)c2ccccc2)[C@H](OC(=O)c2ccccc2)[C@H]1OC(=O)c1ccccc1)c1ccccc1. The van der Waals surface area contributed by atoms with E-state index >= 15 is 0 Å². The normalized spacial score (nSPS) is 19.8. The minimum Gasteiger partial charge on any atom is -0.451 e. The smallest absolute Gasteiger partial charge is 0.340 e. The summed E-state index contributed by atoms with van der Waals surface area (Å²) in [5, 5.41) is 8.39. The molecule has 1 aliphatic rings. The van der Waals surface area contributed by atoms with Crippen molar-refractivity contribution < 1.29 is 42.9 Å². The summed E-state index contributed by atoms with van der Waals surface area (Å²) in [7, 11) is 0. The average Bonchev–Trinajstić information content (AvgIpc) is 3.62. The van der Waals surface area contributed by atoms with Crippen LogP contribution in [0, 0.1) is 0 Å². The number of hydrogen-bond donors (Lipinski definition) is 0. The van der Waals surface area contributed by atoms with Gasteiger partial charge < -0.3 is 23.7 Å². The summed E-state index contributed by atoms with van der Waals surface area (Å²) in [5.74, 6) is -3.09. The average molecular weight is 685 g/mol. The van der Waals surface area contributed by atoms with Gasteiger partial charge in [0.15, 0.2) is 24.1 Å². The third-order valence-corrected chi connectivity index (χ3v) is 7.96. The third-order valence-electron chi connectivity index (χ3n) is 7.96. The number of aromatic nitrogens is 4. The van der Waals surface area contributed by atoms with E-state index in [0.717, 1.165) is 0 Å². The Morgan fingerprint density at radius 3 is 1.43 bits per heavy atom. The van der Waals surface area contributed by atoms with Crippen molar-refractivity contribution in [3.05, 3.63) is 168 Å². The van der Waals surface area contributed by atoms with E-state index in [4.69, 9.17) is 23.7 Å². The second-order valence-electron chi connectivity index (χ2n) is 11.3. The van der Waals surface area contributed by atoms with Crippen molar-refractivity contribution in [3.8, 4) is 0 Å². The summed E-state index contributed by atoms with van der Waals surface area (Å²) in [5.41, 5.74) is 0.635. The highest BCUT2D eigenvalue weighted by Crippen LogP contribution is 2.38. The molecular formula is C38H28N4O9. The van der Waals surface area contributed by atoms with Crippen molar-refractivity contribution in [2.45, 2.75) is 30.7 Å². The van der Waals surface area contributed by atoms with Gasteiger partial charge in [0.1, 0.15) is 0 Å². The Balaban J connectivity index is 1.37. The molecule has 0 N–H and O–H groups in total. The monoisotopic (exact) mass is 684 g/mol. The molecule has 0 saturated carbocycles. The van der Waals surface area contributed by atoms with Crippen LogP contribution in [0.4, 0.5) is 0 Å². The quantitative estimate of drug-likeness (QED) is 0.148. The van der Waals surface area contributed by atoms with Gasteiger partial charge in [-0.1, -0.05) is 72.8 Å². The minimum atomic E-state index is -1.72. The maximum atomic E-state index is 13.8. The van der Waals surface area contributed by atoms with Crippen LogP contribution in [-0.4, -0.2) is 68.1 Å². The highest BCUT2D eigenvalue weighted by molar-refractivity contribution is 5.92. The highest BCUT2D eigenvalue weighted by Gasteiger charge is 2.56. The first-order valence-electron chi connectivity index (χ1n) is 15.8. The lowest BCUT2D eigenvalue weighted by Crippen LogP contribution is -2.60. The number of fused-ring (bicyclic) bond motifs is 1. The van der Waals surface area contributed by atoms with Gasteiger partial charge in [0.05, 0.1) is 22.3 Å². The van der Waals surface area contributed by atoms with E-state index in [1.54, 1.807) is 97.2 Å². The molecule has 13 heteroatoms. The number of hydrogen-bond acceptors (Lipinski definition) is 12. The van der Waals surface area contributed by atoms with Crippen LogP contribution in [0.25, 0.3) is 5.78 Å². The maximum absolute atomic E-state index is 13.8. The molecule has 1 aliphatic heterocycles. The molecule has 6 aromatic rings. The standard InChI is InChI=1S/C38H28N4O9/c43-33(24-14-5-1-6-15-24)47-28-29(48-34(44)25-16-7-2-8-17-25)31(49-35(45)26-18-9-3-10-19-26)37(51-36(46)27-20-11-4-12-21-27)50-30(28)32-40-41-38-39-22-13-23-42(32)38/h1-23,28-31,37H/t28-,29-,30-,31+,37+/m0/s1. The summed E-state index contributed by atoms with van der Waals surface area (Å²) in [6.45, 7) is 0. The number of esters is 4. The topological polar surface area (TPSA) is 158 Å². The Kier molecular flexibility index (Phi) is 9.52. The highest BCUT2D eigenvalue weighted by atomic mass is 16.7. The van der Waals surface area contributed by atoms with Crippen LogP contribution in [0.3, 0.4) is 0 Å². The summed E-state index contributed by atoms with van der Waals surface area (Å²) < 4.78 is 31.9. The zero-order valence-corrected chi connectivity index (χ0v) is 26.6. The van der Waals surface area contributed by atoms with Gasteiger partial charge in [-0.3, -0.25) is 4.40 Å². The van der Waals surface area contributed by atoms with Crippen LogP contribution in [0.1, 0.15) is 53.4 Å². The Morgan fingerprint density at radius 1 is 0.510 bits per heavy atom. The van der Waals surface area contributed by atoms with E-state index in [2.05, 4.69) is 15.2 Å². The molecule has 7 rings (SSSR count). The number of ether oxygens (including phenoxy) is 5. The largest absolute Gasteiger partial charge is 0.451 e. The molecule has 4 aromatic carbocycles. The molecule has 0 spiro atoms. The van der Waals surface area contributed by atoms with Gasteiger partial charge in [0.2, 0.25) is 12.4 Å². The Hall–Kier alpha value is -6.73. The van der Waals surface area contributed by atoms with Crippen LogP contribution in [0.5, 0.6) is 0 Å². The third kappa shape index (κ3) is 7.19. The zero-order valence-electron chi connectivity index (χ0n) is 26.6. The van der Waals surface area contributed by atoms with Gasteiger partial charge in [0, 0.05) is 12.4 Å². The Labute approximate surface area is 290 Å². The number of benzene rings is 4. The fourth-order valence-corrected chi connectivity index (χ4v) is 5.50. The van der Waals surface area contributed by atoms with Gasteiger partial charge in [-0.15, -0.1) is 10.2 Å². The molecule has 254 valence electrons. The van der Waals surface area contributed by atoms with E-state index in [1.165, 1.54) is 47.0 Å². The number of rotatable bonds is 9. The van der Waals surface area contributed by atoms with Gasteiger partial charge in [-0.2, -0.15) is 0 Å². The van der Waals surface area contributed by atoms with Crippen molar-refractivity contribution in [1.29, 1.82) is 0 Å². The molecule has 51 heavy (non-hydrogen) atoms. The van der Waals surface area contributed by atoms with E-state index < -0.39 is 54.6 Å². The van der Waals surface area contributed by atoms with Crippen molar-refractivity contribution >= 4 is 29.7 Å². The zero-order chi connectivity index (χ0) is 35.2. The first-order chi connectivity index (χ1) is 25.0. The van der Waals surface area contributed by atoms with Crippen LogP contribution < -0.4 is 0 Å². The number of carbonyl (C=O) groups excluding carboxylic acids is 4. The van der Waals surface area contributed by atoms with Crippen molar-refractivity contribution in [3.63, 3.8) is 0 Å². The van der Waals surface area contributed by atoms with Gasteiger partial charge >= 0.3 is 23.9 Å². The number of carbonyl (C=O) groups is 4. The summed E-state index contributed by atoms with van der Waals surface area (Å²) >= 11 is 0. The molecule has 1 saturated heterocycles. The molecule has 0 unspecified atom stereocenters. The fraction of sp³-hybridized carbons (Fsp3) is 0.132. The Morgan fingerprint density at radius 2 is 0.941 bits per heavy atom. The molecule has 0 bridgehead atoms. The first kappa shape index (κ1) is 32.8. The predicted octanol–water partition coefficient (Wildman–Crippen LogP) is 5.06. The molecule has 0 amide bonds. The predicted molar refractivity (Wildman–Crippen MR) is 177 cm³/mol. The second-order valence-corrected chi connectivity index (χ2v) is 11.3. The van der Waals surface area contributed by atoms with E-state index in [9.17, 15) is 19.2 Å². The first-order valence-corrected chi connectivity index (χ1v) is 15.8. The van der Waals surface area contributed by atoms with Gasteiger partial charge in [-0.05, 0) is 54.6 Å². The Bertz CT molecular complexity index is 2150.